The fraction of sp³-hybridized carbons (Fsp3) is 0.364. The zero-order chi connectivity index (χ0) is 9.71. The highest BCUT2D eigenvalue weighted by Crippen LogP contribution is 2.27. The predicted octanol–water partition coefficient (Wildman–Crippen LogP) is 1.84. The van der Waals surface area contributed by atoms with Crippen LogP contribution in [0.4, 0.5) is 0 Å². The van der Waals surface area contributed by atoms with E-state index in [9.17, 15) is 4.79 Å². The van der Waals surface area contributed by atoms with E-state index in [-0.39, 0.29) is 5.69 Å². The van der Waals surface area contributed by atoms with E-state index in [2.05, 4.69) is 18.0 Å². The fourth-order valence-corrected chi connectivity index (χ4v) is 2.37. The van der Waals surface area contributed by atoms with Crippen molar-refractivity contribution < 1.29 is 0 Å². The van der Waals surface area contributed by atoms with Crippen molar-refractivity contribution in [2.75, 3.05) is 0 Å². The van der Waals surface area contributed by atoms with Crippen LogP contribution in [0.25, 0.3) is 11.0 Å². The van der Waals surface area contributed by atoms with Crippen molar-refractivity contribution in [2.24, 2.45) is 0 Å². The molecular formula is C11H12N2O. The van der Waals surface area contributed by atoms with Crippen LogP contribution in [0.5, 0.6) is 0 Å². The number of rotatable bonds is 0. The standard InChI is InChI=1S/C11H12N2O/c1-7-5-6-8-3-2-4-9-10(8)13(7)11(14)12-9/h2-4,7H,5-6H2,1H3,(H,12,14)/t7-/m1/s1. The Labute approximate surface area is 81.4 Å². The first-order valence-corrected chi connectivity index (χ1v) is 4.99. The number of nitrogens with zero attached hydrogens (tertiary/aromatic N) is 1. The van der Waals surface area contributed by atoms with E-state index in [1.165, 1.54) is 5.56 Å². The number of aryl methyl sites for hydroxylation is 1. The number of nitrogens with one attached hydrogen (secondary N) is 1. The Balaban J connectivity index is 2.54. The number of aromatic nitrogens is 2. The second-order valence-electron chi connectivity index (χ2n) is 4.00. The molecule has 0 saturated carbocycles. The van der Waals surface area contributed by atoms with Gasteiger partial charge in [-0.25, -0.2) is 4.79 Å². The Bertz CT molecular complexity index is 550. The van der Waals surface area contributed by atoms with E-state index in [0.29, 0.717) is 6.04 Å². The lowest BCUT2D eigenvalue weighted by atomic mass is 10.0. The third-order valence-electron chi connectivity index (χ3n) is 3.09. The van der Waals surface area contributed by atoms with Crippen molar-refractivity contribution >= 4 is 11.0 Å². The highest BCUT2D eigenvalue weighted by Gasteiger charge is 2.20. The van der Waals surface area contributed by atoms with Gasteiger partial charge in [-0.2, -0.15) is 0 Å². The Morgan fingerprint density at radius 2 is 2.36 bits per heavy atom. The van der Waals surface area contributed by atoms with E-state index in [1.807, 2.05) is 16.7 Å². The SMILES string of the molecule is C[C@@H]1CCc2cccc3[nH]c(=O)n1c23. The molecular weight excluding hydrogens is 176 g/mol. The molecule has 1 aliphatic heterocycles. The lowest BCUT2D eigenvalue weighted by molar-refractivity contribution is 0.489. The van der Waals surface area contributed by atoms with Gasteiger partial charge in [-0.1, -0.05) is 12.1 Å². The minimum atomic E-state index is 0.0275. The van der Waals surface area contributed by atoms with Crippen molar-refractivity contribution in [3.8, 4) is 0 Å². The highest BCUT2D eigenvalue weighted by atomic mass is 16.1. The van der Waals surface area contributed by atoms with Gasteiger partial charge in [0.05, 0.1) is 11.0 Å². The largest absolute Gasteiger partial charge is 0.326 e. The number of hydrogen-bond donors (Lipinski definition) is 1. The van der Waals surface area contributed by atoms with Crippen LogP contribution in [0, 0.1) is 0 Å². The lowest BCUT2D eigenvalue weighted by Gasteiger charge is -2.20. The molecule has 2 aromatic rings. The summed E-state index contributed by atoms with van der Waals surface area (Å²) in [6, 6.07) is 6.41. The van der Waals surface area contributed by atoms with Gasteiger partial charge in [0, 0.05) is 6.04 Å². The second kappa shape index (κ2) is 2.50. The highest BCUT2D eigenvalue weighted by molar-refractivity contribution is 5.79. The smallest absolute Gasteiger partial charge is 0.306 e. The summed E-state index contributed by atoms with van der Waals surface area (Å²) in [6.07, 6.45) is 2.14. The summed E-state index contributed by atoms with van der Waals surface area (Å²) >= 11 is 0. The molecule has 3 nitrogen and oxygen atoms in total. The summed E-state index contributed by atoms with van der Waals surface area (Å²) in [5, 5.41) is 0. The van der Waals surface area contributed by atoms with Gasteiger partial charge in [-0.15, -0.1) is 0 Å². The molecule has 1 atom stereocenters. The number of para-hydroxylation sites is 1. The van der Waals surface area contributed by atoms with Crippen LogP contribution in [-0.4, -0.2) is 9.55 Å². The first-order chi connectivity index (χ1) is 6.77. The maximum Gasteiger partial charge on any atom is 0.326 e. The quantitative estimate of drug-likeness (QED) is 0.673. The summed E-state index contributed by atoms with van der Waals surface area (Å²) in [4.78, 5) is 14.6. The van der Waals surface area contributed by atoms with Gasteiger partial charge in [0.2, 0.25) is 0 Å². The van der Waals surface area contributed by atoms with E-state index < -0.39 is 0 Å². The molecule has 0 amide bonds. The minimum absolute atomic E-state index is 0.0275. The number of benzene rings is 1. The van der Waals surface area contributed by atoms with Crippen LogP contribution in [-0.2, 0) is 6.42 Å². The first kappa shape index (κ1) is 7.85. The topological polar surface area (TPSA) is 37.8 Å². The lowest BCUT2D eigenvalue weighted by Crippen LogP contribution is -2.23. The van der Waals surface area contributed by atoms with Crippen molar-refractivity contribution in [1.29, 1.82) is 0 Å². The Hall–Kier alpha value is -1.51. The van der Waals surface area contributed by atoms with Crippen molar-refractivity contribution in [3.05, 3.63) is 34.2 Å². The van der Waals surface area contributed by atoms with E-state index in [4.69, 9.17) is 0 Å². The molecule has 0 bridgehead atoms. The molecule has 0 aliphatic carbocycles. The zero-order valence-electron chi connectivity index (χ0n) is 8.08. The second-order valence-corrected chi connectivity index (χ2v) is 4.00. The van der Waals surface area contributed by atoms with Crippen LogP contribution in [0.2, 0.25) is 0 Å². The van der Waals surface area contributed by atoms with Crippen molar-refractivity contribution in [3.63, 3.8) is 0 Å². The number of hydrogen-bond acceptors (Lipinski definition) is 1. The monoisotopic (exact) mass is 188 g/mol. The Morgan fingerprint density at radius 3 is 3.21 bits per heavy atom. The Kier molecular flexibility index (Phi) is 1.40. The van der Waals surface area contributed by atoms with Crippen LogP contribution < -0.4 is 5.69 Å². The molecule has 1 aliphatic rings. The average molecular weight is 188 g/mol. The van der Waals surface area contributed by atoms with Crippen LogP contribution in [0.3, 0.4) is 0 Å². The van der Waals surface area contributed by atoms with E-state index in [0.717, 1.165) is 23.9 Å². The maximum atomic E-state index is 11.7. The molecule has 72 valence electrons. The van der Waals surface area contributed by atoms with Gasteiger partial charge in [0.25, 0.3) is 0 Å². The van der Waals surface area contributed by atoms with Gasteiger partial charge in [-0.05, 0) is 31.4 Å². The van der Waals surface area contributed by atoms with Gasteiger partial charge in [-0.3, -0.25) is 4.57 Å². The number of aromatic amines is 1. The third-order valence-corrected chi connectivity index (χ3v) is 3.09. The molecule has 1 aromatic heterocycles. The molecule has 1 aromatic carbocycles. The molecule has 0 spiro atoms. The maximum absolute atomic E-state index is 11.7. The Morgan fingerprint density at radius 1 is 1.50 bits per heavy atom. The molecule has 2 heterocycles. The summed E-state index contributed by atoms with van der Waals surface area (Å²) in [6.45, 7) is 2.10. The summed E-state index contributed by atoms with van der Waals surface area (Å²) in [5.41, 5.74) is 3.40. The third kappa shape index (κ3) is 0.842. The van der Waals surface area contributed by atoms with E-state index in [1.54, 1.807) is 0 Å². The van der Waals surface area contributed by atoms with Crippen molar-refractivity contribution in [2.45, 2.75) is 25.8 Å². The summed E-state index contributed by atoms with van der Waals surface area (Å²) in [7, 11) is 0. The minimum Gasteiger partial charge on any atom is -0.306 e. The average Bonchev–Trinajstić information content (AvgIpc) is 2.51. The van der Waals surface area contributed by atoms with Crippen LogP contribution >= 0.6 is 0 Å². The fourth-order valence-electron chi connectivity index (χ4n) is 2.37. The molecule has 0 saturated heterocycles. The van der Waals surface area contributed by atoms with Crippen LogP contribution in [0.1, 0.15) is 24.9 Å². The predicted molar refractivity (Wildman–Crippen MR) is 55.6 cm³/mol. The summed E-state index contributed by atoms with van der Waals surface area (Å²) in [5.74, 6) is 0. The number of imidazole rings is 1. The van der Waals surface area contributed by atoms with Gasteiger partial charge < -0.3 is 4.98 Å². The molecule has 1 N–H and O–H groups in total. The number of H-pyrrole nitrogens is 1. The molecule has 0 unspecified atom stereocenters. The molecule has 3 heteroatoms. The van der Waals surface area contributed by atoms with Crippen LogP contribution in [0.15, 0.2) is 23.0 Å². The van der Waals surface area contributed by atoms with Crippen molar-refractivity contribution in [1.82, 2.24) is 9.55 Å². The molecule has 0 radical (unpaired) electrons. The van der Waals surface area contributed by atoms with E-state index >= 15 is 0 Å². The van der Waals surface area contributed by atoms with Gasteiger partial charge in [0.1, 0.15) is 0 Å². The molecule has 0 fully saturated rings. The normalized spacial score (nSPS) is 20.2. The first-order valence-electron chi connectivity index (χ1n) is 4.99. The van der Waals surface area contributed by atoms with Gasteiger partial charge in [0.15, 0.2) is 0 Å². The van der Waals surface area contributed by atoms with Gasteiger partial charge >= 0.3 is 5.69 Å². The molecule has 3 rings (SSSR count). The summed E-state index contributed by atoms with van der Waals surface area (Å²) < 4.78 is 1.88. The molecule has 14 heavy (non-hydrogen) atoms. The zero-order valence-corrected chi connectivity index (χ0v) is 8.08.